The van der Waals surface area contributed by atoms with Crippen LogP contribution >= 0.6 is 0 Å². The second kappa shape index (κ2) is 16.9. The van der Waals surface area contributed by atoms with Gasteiger partial charge in [-0.1, -0.05) is 34.1 Å². The van der Waals surface area contributed by atoms with Crippen LogP contribution in [-0.4, -0.2) is 139 Å². The Morgan fingerprint density at radius 1 is 1.08 bits per heavy atom. The number of ketones is 1. The van der Waals surface area contributed by atoms with Crippen molar-refractivity contribution in [2.45, 2.75) is 154 Å². The number of ether oxygens (including phenoxy) is 5. The summed E-state index contributed by atoms with van der Waals surface area (Å²) in [7, 11) is 5.33. The van der Waals surface area contributed by atoms with Gasteiger partial charge in [0.25, 0.3) is 0 Å². The van der Waals surface area contributed by atoms with Gasteiger partial charge in [0.2, 0.25) is 0 Å². The summed E-state index contributed by atoms with van der Waals surface area (Å²) < 4.78 is 31.2. The standard InChI is InChI=1S/C37H65N3O10/c1-11-28-37(7)31(38-35(45)50-37)22(3)15-14-21(2)19-36(6,46-10)32(23(4)29(42)24(5)33(44)48-28)49-34-30(43)25(39(8)9)18-27(47-34)26(41)20-40-16-12-13-17-40/h21-28,30-32,34,41,43H,11-20H2,1-10H3,(H,38,45)/t21-,22-,23-,24?,25?,26?,27?,28+,30?,31+,32+,34-,36+,37+/m0/s1. The third kappa shape index (κ3) is 8.83. The zero-order chi connectivity index (χ0) is 37.1. The molecule has 50 heavy (non-hydrogen) atoms. The van der Waals surface area contributed by atoms with Crippen LogP contribution in [0.4, 0.5) is 4.79 Å². The molecule has 0 saturated carbocycles. The average molecular weight is 712 g/mol. The van der Waals surface area contributed by atoms with Crippen molar-refractivity contribution in [2.24, 2.45) is 23.7 Å². The molecule has 4 saturated heterocycles. The molecular formula is C37H65N3O10. The van der Waals surface area contributed by atoms with E-state index in [1.165, 1.54) is 6.92 Å². The Labute approximate surface area is 299 Å². The second-order valence-electron chi connectivity index (χ2n) is 16.3. The van der Waals surface area contributed by atoms with Gasteiger partial charge in [-0.2, -0.15) is 0 Å². The van der Waals surface area contributed by atoms with Crippen LogP contribution in [0, 0.1) is 23.7 Å². The number of nitrogens with one attached hydrogen (secondary N) is 1. The molecular weight excluding hydrogens is 646 g/mol. The quantitative estimate of drug-likeness (QED) is 0.250. The van der Waals surface area contributed by atoms with Gasteiger partial charge in [-0.05, 0) is 98.3 Å². The van der Waals surface area contributed by atoms with Crippen LogP contribution in [0.1, 0.15) is 93.4 Å². The lowest BCUT2D eigenvalue weighted by Gasteiger charge is -2.48. The number of likely N-dealkylation sites (tertiary alicyclic amines) is 1. The molecule has 0 aromatic heterocycles. The molecule has 13 heteroatoms. The van der Waals surface area contributed by atoms with Gasteiger partial charge in [0.1, 0.15) is 18.1 Å². The number of cyclic esters (lactones) is 1. The third-order valence-electron chi connectivity index (χ3n) is 12.1. The highest BCUT2D eigenvalue weighted by atomic mass is 16.7. The Bertz CT molecular complexity index is 1170. The maximum absolute atomic E-state index is 14.3. The van der Waals surface area contributed by atoms with E-state index < -0.39 is 83.7 Å². The Hall–Kier alpha value is -1.87. The number of β-amino-alcohol motifs (C(OH)–C–C–N with tert-alkyl or cyclic N) is 1. The van der Waals surface area contributed by atoms with E-state index in [9.17, 15) is 24.6 Å². The minimum Gasteiger partial charge on any atom is -0.458 e. The number of Topliss-reactive ketones (excluding diaryl/α,β-unsaturated/α-hetero) is 1. The average Bonchev–Trinajstić information content (AvgIpc) is 3.70. The van der Waals surface area contributed by atoms with Crippen molar-refractivity contribution in [2.75, 3.05) is 40.8 Å². The van der Waals surface area contributed by atoms with Crippen molar-refractivity contribution in [3.8, 4) is 0 Å². The van der Waals surface area contributed by atoms with Crippen molar-refractivity contribution in [3.63, 3.8) is 0 Å². The molecule has 5 unspecified atom stereocenters. The van der Waals surface area contributed by atoms with Crippen LogP contribution in [0.25, 0.3) is 0 Å². The van der Waals surface area contributed by atoms with Crippen molar-refractivity contribution in [3.05, 3.63) is 0 Å². The van der Waals surface area contributed by atoms with Gasteiger partial charge < -0.3 is 49.0 Å². The zero-order valence-electron chi connectivity index (χ0n) is 32.1. The van der Waals surface area contributed by atoms with E-state index in [4.69, 9.17) is 23.7 Å². The molecule has 4 aliphatic heterocycles. The topological polar surface area (TPSA) is 156 Å². The molecule has 4 heterocycles. The molecule has 4 fully saturated rings. The molecule has 0 radical (unpaired) electrons. The fraction of sp³-hybridized carbons (Fsp3) is 0.919. The Morgan fingerprint density at radius 2 is 1.74 bits per heavy atom. The number of aliphatic hydroxyl groups excluding tert-OH is 2. The molecule has 0 aromatic rings. The molecule has 4 aliphatic rings. The first kappa shape index (κ1) is 40.9. The van der Waals surface area contributed by atoms with Crippen LogP contribution in [0.5, 0.6) is 0 Å². The second-order valence-corrected chi connectivity index (χ2v) is 16.3. The van der Waals surface area contributed by atoms with Crippen molar-refractivity contribution in [1.29, 1.82) is 0 Å². The number of carbonyl (C=O) groups is 3. The lowest BCUT2D eigenvalue weighted by atomic mass is 9.76. The summed E-state index contributed by atoms with van der Waals surface area (Å²) in [6.07, 6.45) is -0.907. The van der Waals surface area contributed by atoms with Gasteiger partial charge >= 0.3 is 12.1 Å². The lowest BCUT2D eigenvalue weighted by Crippen LogP contribution is -2.61. The number of rotatable bonds is 8. The number of nitrogens with zero attached hydrogens (tertiary/aromatic N) is 2. The Balaban J connectivity index is 1.67. The van der Waals surface area contributed by atoms with Crippen LogP contribution in [0.3, 0.4) is 0 Å². The summed E-state index contributed by atoms with van der Waals surface area (Å²) in [5.74, 6) is -3.07. The first-order valence-corrected chi connectivity index (χ1v) is 18.8. The zero-order valence-corrected chi connectivity index (χ0v) is 32.1. The van der Waals surface area contributed by atoms with Crippen molar-refractivity contribution in [1.82, 2.24) is 15.1 Å². The van der Waals surface area contributed by atoms with Gasteiger partial charge in [0.15, 0.2) is 17.7 Å². The number of alkyl carbamates (subject to hydrolysis) is 1. The number of amides is 1. The van der Waals surface area contributed by atoms with Crippen LogP contribution < -0.4 is 5.32 Å². The number of hydrogen-bond donors (Lipinski definition) is 3. The van der Waals surface area contributed by atoms with Crippen molar-refractivity contribution >= 4 is 17.8 Å². The predicted molar refractivity (Wildman–Crippen MR) is 186 cm³/mol. The number of fused-ring (bicyclic) bond motifs is 1. The third-order valence-corrected chi connectivity index (χ3v) is 12.1. The fourth-order valence-corrected chi connectivity index (χ4v) is 8.89. The Morgan fingerprint density at radius 3 is 2.34 bits per heavy atom. The normalized spacial score (nSPS) is 43.4. The fourth-order valence-electron chi connectivity index (χ4n) is 8.89. The minimum atomic E-state index is -1.17. The molecule has 0 spiro atoms. The van der Waals surface area contributed by atoms with E-state index in [2.05, 4.69) is 24.1 Å². The highest BCUT2D eigenvalue weighted by Crippen LogP contribution is 2.40. The Kier molecular flexibility index (Phi) is 13.8. The molecule has 14 atom stereocenters. The number of likely N-dealkylation sites (N-methyl/N-ethyl adjacent to an activating group) is 1. The van der Waals surface area contributed by atoms with E-state index in [0.29, 0.717) is 25.8 Å². The van der Waals surface area contributed by atoms with Gasteiger partial charge in [-0.15, -0.1) is 0 Å². The predicted octanol–water partition coefficient (Wildman–Crippen LogP) is 3.13. The smallest absolute Gasteiger partial charge is 0.408 e. The number of carbonyl (C=O) groups excluding carboxylic acids is 3. The first-order valence-electron chi connectivity index (χ1n) is 18.8. The van der Waals surface area contributed by atoms with Crippen LogP contribution in [-0.2, 0) is 33.3 Å². The van der Waals surface area contributed by atoms with E-state index in [1.807, 2.05) is 32.8 Å². The number of methoxy groups -OCH3 is 1. The highest BCUT2D eigenvalue weighted by molar-refractivity contribution is 6.00. The summed E-state index contributed by atoms with van der Waals surface area (Å²) in [6.45, 7) is 15.3. The molecule has 0 aromatic carbocycles. The SMILES string of the molecule is CC[C@H]1OC(=O)C(C)C(=O)[C@H](C)[C@@H](O[C@@H]2OC(C(O)CN3CCCC3)CC(N(C)C)C2O)[C@](C)(OC)C[C@@H](C)CC[C@H](C)[C@H]2NC(=O)O[C@@]21C. The summed E-state index contributed by atoms with van der Waals surface area (Å²) in [4.78, 5) is 44.7. The maximum atomic E-state index is 14.3. The molecule has 3 N–H and O–H groups in total. The number of aliphatic hydroxyl groups is 2. The van der Waals surface area contributed by atoms with Gasteiger partial charge in [-0.25, -0.2) is 4.79 Å². The van der Waals surface area contributed by atoms with E-state index >= 15 is 0 Å². The first-order chi connectivity index (χ1) is 23.4. The van der Waals surface area contributed by atoms with Crippen LogP contribution in [0.2, 0.25) is 0 Å². The van der Waals surface area contributed by atoms with Gasteiger partial charge in [-0.3, -0.25) is 9.59 Å². The molecule has 13 nitrogen and oxygen atoms in total. The summed E-state index contributed by atoms with van der Waals surface area (Å²) in [5.41, 5.74) is -2.15. The van der Waals surface area contributed by atoms with E-state index in [-0.39, 0.29) is 17.9 Å². The lowest BCUT2D eigenvalue weighted by molar-refractivity contribution is -0.307. The molecule has 1 amide bonds. The van der Waals surface area contributed by atoms with Gasteiger partial charge in [0, 0.05) is 25.6 Å². The number of esters is 1. The van der Waals surface area contributed by atoms with E-state index in [0.717, 1.165) is 38.8 Å². The summed E-state index contributed by atoms with van der Waals surface area (Å²) in [6, 6.07) is -0.777. The van der Waals surface area contributed by atoms with E-state index in [1.54, 1.807) is 21.0 Å². The number of hydrogen-bond acceptors (Lipinski definition) is 12. The maximum Gasteiger partial charge on any atom is 0.408 e. The van der Waals surface area contributed by atoms with Crippen LogP contribution in [0.15, 0.2) is 0 Å². The monoisotopic (exact) mass is 711 g/mol. The molecule has 4 rings (SSSR count). The largest absolute Gasteiger partial charge is 0.458 e. The minimum absolute atomic E-state index is 0.0109. The summed E-state index contributed by atoms with van der Waals surface area (Å²) >= 11 is 0. The highest BCUT2D eigenvalue weighted by Gasteiger charge is 2.55. The van der Waals surface area contributed by atoms with Crippen molar-refractivity contribution < 1.29 is 48.3 Å². The molecule has 0 aliphatic carbocycles. The summed E-state index contributed by atoms with van der Waals surface area (Å²) in [5, 5.41) is 25.9. The molecule has 0 bridgehead atoms. The van der Waals surface area contributed by atoms with Gasteiger partial charge in [0.05, 0.1) is 30.0 Å². The molecule has 288 valence electrons.